The van der Waals surface area contributed by atoms with E-state index in [2.05, 4.69) is 10.2 Å². The lowest BCUT2D eigenvalue weighted by Gasteiger charge is -2.29. The minimum atomic E-state index is -0.932. The van der Waals surface area contributed by atoms with E-state index in [0.29, 0.717) is 10.8 Å². The number of hydrogen-bond donors (Lipinski definition) is 2. The molecule has 1 atom stereocenters. The van der Waals surface area contributed by atoms with Gasteiger partial charge < -0.3 is 20.1 Å². The van der Waals surface area contributed by atoms with E-state index in [1.54, 1.807) is 12.1 Å². The fourth-order valence-electron chi connectivity index (χ4n) is 3.50. The summed E-state index contributed by atoms with van der Waals surface area (Å²) in [5.74, 6) is 0.00282. The number of benzene rings is 2. The van der Waals surface area contributed by atoms with E-state index < -0.39 is 5.54 Å². The van der Waals surface area contributed by atoms with Crippen LogP contribution in [0, 0.1) is 0 Å². The number of carbonyl (C=O) groups is 1. The molecule has 2 aliphatic heterocycles. The third-order valence-electron chi connectivity index (χ3n) is 5.12. The summed E-state index contributed by atoms with van der Waals surface area (Å²) >= 11 is 5.42. The van der Waals surface area contributed by atoms with Crippen molar-refractivity contribution in [3.63, 3.8) is 0 Å². The van der Waals surface area contributed by atoms with Crippen LogP contribution in [0.5, 0.6) is 5.75 Å². The highest BCUT2D eigenvalue weighted by atomic mass is 32.1. The van der Waals surface area contributed by atoms with Gasteiger partial charge in [0.05, 0.1) is 18.9 Å². The second kappa shape index (κ2) is 6.83. The number of aromatic hydroxyl groups is 1. The number of nitrogens with one attached hydrogen (secondary N) is 1. The van der Waals surface area contributed by atoms with Crippen LogP contribution in [0.25, 0.3) is 0 Å². The Bertz CT molecular complexity index is 863. The van der Waals surface area contributed by atoms with Gasteiger partial charge in [-0.15, -0.1) is 0 Å². The van der Waals surface area contributed by atoms with E-state index in [4.69, 9.17) is 17.0 Å². The maximum atomic E-state index is 13.2. The van der Waals surface area contributed by atoms with Crippen molar-refractivity contribution in [3.05, 3.63) is 54.1 Å². The van der Waals surface area contributed by atoms with Crippen LogP contribution in [0.4, 0.5) is 11.4 Å². The van der Waals surface area contributed by atoms with Gasteiger partial charge in [-0.2, -0.15) is 0 Å². The molecule has 0 saturated carbocycles. The zero-order chi connectivity index (χ0) is 19.0. The summed E-state index contributed by atoms with van der Waals surface area (Å²) in [6.07, 6.45) is 0. The highest BCUT2D eigenvalue weighted by Gasteiger charge is 2.47. The zero-order valence-corrected chi connectivity index (χ0v) is 15.8. The molecule has 0 spiro atoms. The summed E-state index contributed by atoms with van der Waals surface area (Å²) in [6.45, 7) is 5.04. The van der Waals surface area contributed by atoms with Gasteiger partial charge in [0.15, 0.2) is 5.11 Å². The average molecular weight is 383 g/mol. The number of phenolic OH excluding ortho intramolecular Hbond substituents is 1. The van der Waals surface area contributed by atoms with E-state index in [9.17, 15) is 9.90 Å². The van der Waals surface area contributed by atoms with E-state index in [-0.39, 0.29) is 11.7 Å². The third-order valence-corrected chi connectivity index (χ3v) is 5.40. The van der Waals surface area contributed by atoms with Gasteiger partial charge in [0.2, 0.25) is 0 Å². The van der Waals surface area contributed by atoms with Crippen molar-refractivity contribution in [2.45, 2.75) is 12.5 Å². The average Bonchev–Trinajstić information content (AvgIpc) is 2.93. The molecule has 27 heavy (non-hydrogen) atoms. The summed E-state index contributed by atoms with van der Waals surface area (Å²) in [7, 11) is 0. The fourth-order valence-corrected chi connectivity index (χ4v) is 3.89. The van der Waals surface area contributed by atoms with Gasteiger partial charge >= 0.3 is 0 Å². The van der Waals surface area contributed by atoms with Gasteiger partial charge in [0.1, 0.15) is 11.3 Å². The lowest BCUT2D eigenvalue weighted by molar-refractivity contribution is -0.121. The van der Waals surface area contributed by atoms with Crippen molar-refractivity contribution in [2.24, 2.45) is 0 Å². The van der Waals surface area contributed by atoms with E-state index in [0.717, 1.165) is 37.6 Å². The number of nitrogens with zero attached hydrogens (tertiary/aromatic N) is 2. The lowest BCUT2D eigenvalue weighted by atomic mass is 9.91. The van der Waals surface area contributed by atoms with Crippen LogP contribution < -0.4 is 15.1 Å². The number of hydrogen-bond acceptors (Lipinski definition) is 5. The molecule has 2 fully saturated rings. The van der Waals surface area contributed by atoms with E-state index in [1.807, 2.05) is 31.2 Å². The minimum Gasteiger partial charge on any atom is -0.508 e. The Labute approximate surface area is 163 Å². The molecule has 2 aliphatic rings. The Morgan fingerprint density at radius 3 is 2.26 bits per heavy atom. The molecule has 2 N–H and O–H groups in total. The molecule has 2 aromatic carbocycles. The number of anilines is 2. The summed E-state index contributed by atoms with van der Waals surface area (Å²) in [4.78, 5) is 16.9. The quantitative estimate of drug-likeness (QED) is 0.794. The van der Waals surface area contributed by atoms with Crippen LogP contribution in [-0.4, -0.2) is 42.4 Å². The Hall–Kier alpha value is -2.64. The van der Waals surface area contributed by atoms with Gasteiger partial charge in [0.25, 0.3) is 5.91 Å². The first-order chi connectivity index (χ1) is 13.0. The fraction of sp³-hybridized carbons (Fsp3) is 0.300. The molecular weight excluding hydrogens is 362 g/mol. The molecule has 7 heteroatoms. The van der Waals surface area contributed by atoms with Crippen molar-refractivity contribution >= 4 is 34.6 Å². The molecule has 1 unspecified atom stereocenters. The van der Waals surface area contributed by atoms with Crippen LogP contribution in [-0.2, 0) is 15.1 Å². The van der Waals surface area contributed by atoms with Gasteiger partial charge in [-0.3, -0.25) is 9.69 Å². The maximum absolute atomic E-state index is 13.2. The van der Waals surface area contributed by atoms with E-state index in [1.165, 1.54) is 17.0 Å². The zero-order valence-electron chi connectivity index (χ0n) is 15.0. The molecular formula is C20H21N3O3S. The van der Waals surface area contributed by atoms with Crippen LogP contribution in [0.1, 0.15) is 12.5 Å². The van der Waals surface area contributed by atoms with Gasteiger partial charge in [-0.1, -0.05) is 12.1 Å². The molecule has 2 heterocycles. The van der Waals surface area contributed by atoms with Crippen LogP contribution in [0.2, 0.25) is 0 Å². The first-order valence-electron chi connectivity index (χ1n) is 8.88. The summed E-state index contributed by atoms with van der Waals surface area (Å²) in [6, 6.07) is 14.4. The summed E-state index contributed by atoms with van der Waals surface area (Å²) in [5, 5.41) is 13.0. The summed E-state index contributed by atoms with van der Waals surface area (Å²) < 4.78 is 5.40. The maximum Gasteiger partial charge on any atom is 0.263 e. The number of phenols is 1. The molecule has 6 nitrogen and oxygen atoms in total. The van der Waals surface area contributed by atoms with Gasteiger partial charge in [0, 0.05) is 18.8 Å². The number of rotatable bonds is 3. The molecule has 0 aliphatic carbocycles. The number of morpholine rings is 1. The standard InChI is InChI=1S/C20H21N3O3S/c1-20(14-2-4-15(5-3-14)22-10-12-26-13-11-22)18(25)23(19(27)21-20)16-6-8-17(24)9-7-16/h2-9,24H,10-13H2,1H3,(H,21,27). The van der Waals surface area contributed by atoms with Crippen molar-refractivity contribution in [2.75, 3.05) is 36.1 Å². The molecule has 0 radical (unpaired) electrons. The van der Waals surface area contributed by atoms with E-state index >= 15 is 0 Å². The van der Waals surface area contributed by atoms with Crippen LogP contribution >= 0.6 is 12.2 Å². The SMILES string of the molecule is CC1(c2ccc(N3CCOCC3)cc2)NC(=S)N(c2ccc(O)cc2)C1=O. The topological polar surface area (TPSA) is 65.0 Å². The predicted octanol–water partition coefficient (Wildman–Crippen LogP) is 2.37. The molecule has 140 valence electrons. The van der Waals surface area contributed by atoms with Crippen molar-refractivity contribution in [1.29, 1.82) is 0 Å². The first-order valence-corrected chi connectivity index (χ1v) is 9.29. The number of thiocarbonyl (C=S) groups is 1. The van der Waals surface area contributed by atoms with Crippen LogP contribution in [0.3, 0.4) is 0 Å². The van der Waals surface area contributed by atoms with Crippen molar-refractivity contribution in [1.82, 2.24) is 5.32 Å². The second-order valence-electron chi connectivity index (χ2n) is 6.86. The monoisotopic (exact) mass is 383 g/mol. The molecule has 0 bridgehead atoms. The van der Waals surface area contributed by atoms with Gasteiger partial charge in [-0.25, -0.2) is 0 Å². The highest BCUT2D eigenvalue weighted by Crippen LogP contribution is 2.33. The Morgan fingerprint density at radius 1 is 1.04 bits per heavy atom. The smallest absolute Gasteiger partial charge is 0.263 e. The highest BCUT2D eigenvalue weighted by molar-refractivity contribution is 7.80. The molecule has 4 rings (SSSR count). The number of amides is 1. The first kappa shape index (κ1) is 17.8. The van der Waals surface area contributed by atoms with Crippen molar-refractivity contribution in [3.8, 4) is 5.75 Å². The Kier molecular flexibility index (Phi) is 4.49. The van der Waals surface area contributed by atoms with Gasteiger partial charge in [-0.05, 0) is 61.1 Å². The normalized spacial score (nSPS) is 22.9. The summed E-state index contributed by atoms with van der Waals surface area (Å²) in [5.41, 5.74) is 1.67. The Morgan fingerprint density at radius 2 is 1.63 bits per heavy atom. The third kappa shape index (κ3) is 3.13. The lowest BCUT2D eigenvalue weighted by Crippen LogP contribution is -2.41. The number of ether oxygens (including phenoxy) is 1. The predicted molar refractivity (Wildman–Crippen MR) is 108 cm³/mol. The van der Waals surface area contributed by atoms with Crippen LogP contribution in [0.15, 0.2) is 48.5 Å². The molecule has 2 aromatic rings. The Balaban J connectivity index is 1.60. The number of carbonyl (C=O) groups excluding carboxylic acids is 1. The molecule has 0 aromatic heterocycles. The largest absolute Gasteiger partial charge is 0.508 e. The minimum absolute atomic E-state index is 0.141. The molecule has 2 saturated heterocycles. The second-order valence-corrected chi connectivity index (χ2v) is 7.25. The molecule has 1 amide bonds. The van der Waals surface area contributed by atoms with Crippen molar-refractivity contribution < 1.29 is 14.6 Å².